The number of halogens is 3. The van der Waals surface area contributed by atoms with Crippen LogP contribution < -0.4 is 15.4 Å². The van der Waals surface area contributed by atoms with E-state index in [0.29, 0.717) is 43.2 Å². The summed E-state index contributed by atoms with van der Waals surface area (Å²) in [6, 6.07) is 4.89. The molecule has 182 valence electrons. The van der Waals surface area contributed by atoms with Gasteiger partial charge >= 0.3 is 6.18 Å². The molecule has 0 unspecified atom stereocenters. The number of rotatable bonds is 6. The van der Waals surface area contributed by atoms with Gasteiger partial charge in [-0.3, -0.25) is 4.79 Å². The Hall–Kier alpha value is -3.54. The molecule has 1 aliphatic rings. The maximum absolute atomic E-state index is 13.4. The Morgan fingerprint density at radius 1 is 1.35 bits per heavy atom. The number of anilines is 3. The van der Waals surface area contributed by atoms with Gasteiger partial charge in [0.05, 0.1) is 36.5 Å². The highest BCUT2D eigenvalue weighted by Gasteiger charge is 2.35. The molecule has 3 N–H and O–H groups in total. The van der Waals surface area contributed by atoms with E-state index < -0.39 is 11.7 Å². The molecule has 1 atom stereocenters. The lowest BCUT2D eigenvalue weighted by Crippen LogP contribution is -2.44. The lowest BCUT2D eigenvalue weighted by atomic mass is 10.1. The summed E-state index contributed by atoms with van der Waals surface area (Å²) >= 11 is 0. The second-order valence-electron chi connectivity index (χ2n) is 7.82. The van der Waals surface area contributed by atoms with Crippen molar-refractivity contribution in [3.05, 3.63) is 35.5 Å². The first kappa shape index (κ1) is 23.6. The summed E-state index contributed by atoms with van der Waals surface area (Å²) < 4.78 is 51.1. The average Bonchev–Trinajstić information content (AvgIpc) is 3.24. The molecule has 0 bridgehead atoms. The molecule has 1 fully saturated rings. The molecule has 34 heavy (non-hydrogen) atoms. The number of nitrogens with one attached hydrogen (secondary N) is 3. The molecule has 0 aliphatic carbocycles. The number of aromatic amines is 1. The van der Waals surface area contributed by atoms with Crippen molar-refractivity contribution in [2.45, 2.75) is 26.1 Å². The normalized spacial score (nSPS) is 16.5. The van der Waals surface area contributed by atoms with Crippen molar-refractivity contribution in [2.75, 3.05) is 44.0 Å². The minimum absolute atomic E-state index is 0.0352. The van der Waals surface area contributed by atoms with Gasteiger partial charge in [0.25, 0.3) is 5.91 Å². The molecule has 9 nitrogen and oxygen atoms in total. The minimum Gasteiger partial charge on any atom is -0.495 e. The van der Waals surface area contributed by atoms with E-state index in [1.807, 2.05) is 6.92 Å². The van der Waals surface area contributed by atoms with E-state index in [9.17, 15) is 18.0 Å². The summed E-state index contributed by atoms with van der Waals surface area (Å²) in [5, 5.41) is 5.71. The first-order chi connectivity index (χ1) is 16.2. The van der Waals surface area contributed by atoms with E-state index in [1.54, 1.807) is 30.0 Å². The molecule has 1 saturated heterocycles. The number of nitrogens with zero attached hydrogens (tertiary/aromatic N) is 3. The molecular weight excluding hydrogens is 453 g/mol. The van der Waals surface area contributed by atoms with Gasteiger partial charge in [-0.15, -0.1) is 0 Å². The number of alkyl halides is 3. The van der Waals surface area contributed by atoms with Crippen molar-refractivity contribution in [2.24, 2.45) is 0 Å². The predicted octanol–water partition coefficient (Wildman–Crippen LogP) is 4.02. The highest BCUT2D eigenvalue weighted by Crippen LogP contribution is 2.38. The Labute approximate surface area is 193 Å². The molecule has 0 saturated carbocycles. The number of fused-ring (bicyclic) bond motifs is 1. The fourth-order valence-electron chi connectivity index (χ4n) is 3.84. The zero-order chi connectivity index (χ0) is 24.5. The van der Waals surface area contributed by atoms with E-state index >= 15 is 0 Å². The third kappa shape index (κ3) is 4.72. The van der Waals surface area contributed by atoms with E-state index in [0.717, 1.165) is 6.20 Å². The van der Waals surface area contributed by atoms with Gasteiger partial charge in [-0.25, -0.2) is 0 Å². The topological polar surface area (TPSA) is 104 Å². The summed E-state index contributed by atoms with van der Waals surface area (Å²) in [4.78, 5) is 25.6. The number of benzene rings is 1. The first-order valence-electron chi connectivity index (χ1n) is 10.8. The molecule has 0 radical (unpaired) electrons. The van der Waals surface area contributed by atoms with Crippen LogP contribution in [-0.2, 0) is 10.9 Å². The predicted molar refractivity (Wildman–Crippen MR) is 121 cm³/mol. The number of hydrogen-bond donors (Lipinski definition) is 3. The van der Waals surface area contributed by atoms with Crippen LogP contribution in [0.1, 0.15) is 29.8 Å². The van der Waals surface area contributed by atoms with Crippen molar-refractivity contribution in [1.82, 2.24) is 19.9 Å². The number of ether oxygens (including phenoxy) is 2. The largest absolute Gasteiger partial charge is 0.495 e. The van der Waals surface area contributed by atoms with Crippen LogP contribution in [0.4, 0.5) is 30.6 Å². The number of carbonyl (C=O) groups excluding carboxylic acids is 1. The number of H-pyrrole nitrogens is 1. The first-order valence-corrected chi connectivity index (χ1v) is 10.8. The summed E-state index contributed by atoms with van der Waals surface area (Å²) in [5.74, 6) is 0.343. The van der Waals surface area contributed by atoms with Crippen molar-refractivity contribution in [1.29, 1.82) is 0 Å². The monoisotopic (exact) mass is 478 g/mol. The Kier molecular flexibility index (Phi) is 6.51. The second-order valence-corrected chi connectivity index (χ2v) is 7.82. The average molecular weight is 478 g/mol. The standard InChI is InChI=1S/C22H25F3N6O3/c1-4-26-18-17-14(22(23,24)25)10-27-19(17)30-21(29-18)28-15-6-5-13(9-16(15)33-3)20(32)31-7-8-34-12(2)11-31/h5-6,9-10,12H,4,7-8,11H2,1-3H3,(H3,26,27,28,29,30)/t12-/m1/s1. The highest BCUT2D eigenvalue weighted by molar-refractivity contribution is 5.96. The summed E-state index contributed by atoms with van der Waals surface area (Å²) in [7, 11) is 1.46. The molecule has 2 aromatic heterocycles. The number of hydrogen-bond acceptors (Lipinski definition) is 7. The number of morpholine rings is 1. The van der Waals surface area contributed by atoms with Crippen molar-refractivity contribution in [3.8, 4) is 5.75 Å². The van der Waals surface area contributed by atoms with Gasteiger partial charge in [-0.2, -0.15) is 23.1 Å². The Morgan fingerprint density at radius 3 is 2.82 bits per heavy atom. The molecule has 1 amide bonds. The van der Waals surface area contributed by atoms with Crippen molar-refractivity contribution < 1.29 is 27.4 Å². The second kappa shape index (κ2) is 9.37. The summed E-state index contributed by atoms with van der Waals surface area (Å²) in [5.41, 5.74) is 0.0926. The van der Waals surface area contributed by atoms with Gasteiger partial charge in [0.2, 0.25) is 5.95 Å². The van der Waals surface area contributed by atoms with Crippen LogP contribution in [0.25, 0.3) is 11.0 Å². The molecule has 12 heteroatoms. The number of carbonyl (C=O) groups is 1. The van der Waals surface area contributed by atoms with Gasteiger partial charge in [0.1, 0.15) is 17.2 Å². The minimum atomic E-state index is -4.55. The van der Waals surface area contributed by atoms with Gasteiger partial charge in [-0.05, 0) is 32.0 Å². The molecule has 4 rings (SSSR count). The third-order valence-corrected chi connectivity index (χ3v) is 5.40. The fraction of sp³-hybridized carbons (Fsp3) is 0.409. The van der Waals surface area contributed by atoms with E-state index in [2.05, 4.69) is 25.6 Å². The van der Waals surface area contributed by atoms with Crippen LogP contribution in [0.2, 0.25) is 0 Å². The fourth-order valence-corrected chi connectivity index (χ4v) is 3.84. The SMILES string of the molecule is CCNc1nc(Nc2ccc(C(=O)N3CCO[C@H](C)C3)cc2OC)nc2[nH]cc(C(F)(F)F)c12. The molecule has 3 aromatic rings. The van der Waals surface area contributed by atoms with Crippen molar-refractivity contribution in [3.63, 3.8) is 0 Å². The van der Waals surface area contributed by atoms with E-state index in [4.69, 9.17) is 9.47 Å². The van der Waals surface area contributed by atoms with Crippen LogP contribution in [0.3, 0.4) is 0 Å². The lowest BCUT2D eigenvalue weighted by Gasteiger charge is -2.31. The summed E-state index contributed by atoms with van der Waals surface area (Å²) in [6.07, 6.45) is -3.72. The zero-order valence-corrected chi connectivity index (χ0v) is 18.9. The van der Waals surface area contributed by atoms with E-state index in [1.165, 1.54) is 7.11 Å². The van der Waals surface area contributed by atoms with Crippen LogP contribution in [0.15, 0.2) is 24.4 Å². The number of amides is 1. The maximum Gasteiger partial charge on any atom is 0.418 e. The molecule has 3 heterocycles. The summed E-state index contributed by atoms with van der Waals surface area (Å²) in [6.45, 7) is 5.52. The molecular formula is C22H25F3N6O3. The van der Waals surface area contributed by atoms with Crippen LogP contribution in [0.5, 0.6) is 5.75 Å². The highest BCUT2D eigenvalue weighted by atomic mass is 19.4. The van der Waals surface area contributed by atoms with Crippen LogP contribution >= 0.6 is 0 Å². The Bertz CT molecular complexity index is 1200. The number of aromatic nitrogens is 3. The van der Waals surface area contributed by atoms with Gasteiger partial charge < -0.3 is 30.0 Å². The Balaban J connectivity index is 1.64. The van der Waals surface area contributed by atoms with Crippen LogP contribution in [-0.4, -0.2) is 65.2 Å². The van der Waals surface area contributed by atoms with E-state index in [-0.39, 0.29) is 34.8 Å². The van der Waals surface area contributed by atoms with Gasteiger partial charge in [0.15, 0.2) is 0 Å². The smallest absolute Gasteiger partial charge is 0.418 e. The molecule has 1 aliphatic heterocycles. The zero-order valence-electron chi connectivity index (χ0n) is 18.9. The van der Waals surface area contributed by atoms with Gasteiger partial charge in [-0.1, -0.05) is 0 Å². The number of methoxy groups -OCH3 is 1. The Morgan fingerprint density at radius 2 is 2.15 bits per heavy atom. The van der Waals surface area contributed by atoms with Gasteiger partial charge in [0, 0.05) is 31.4 Å². The maximum atomic E-state index is 13.4. The third-order valence-electron chi connectivity index (χ3n) is 5.40. The lowest BCUT2D eigenvalue weighted by molar-refractivity contribution is -0.136. The molecule has 0 spiro atoms. The van der Waals surface area contributed by atoms with Crippen molar-refractivity contribution >= 4 is 34.4 Å². The quantitative estimate of drug-likeness (QED) is 0.492. The molecule has 1 aromatic carbocycles. The van der Waals surface area contributed by atoms with Crippen LogP contribution in [0, 0.1) is 0 Å².